The molecule has 0 unspecified atom stereocenters. The predicted molar refractivity (Wildman–Crippen MR) is 88.3 cm³/mol. The number of hydrogen-bond acceptors (Lipinski definition) is 2. The minimum Gasteiger partial charge on any atom is -0.294 e. The Morgan fingerprint density at radius 1 is 1.23 bits per heavy atom. The molecule has 2 heteroatoms. The number of rotatable bonds is 1. The summed E-state index contributed by atoms with van der Waals surface area (Å²) in [5.74, 6) is 0.953. The van der Waals surface area contributed by atoms with Crippen LogP contribution in [0, 0.1) is 28.1 Å². The van der Waals surface area contributed by atoms with Gasteiger partial charge < -0.3 is 0 Å². The summed E-state index contributed by atoms with van der Waals surface area (Å²) in [5.41, 5.74) is 0.102. The molecule has 0 spiro atoms. The van der Waals surface area contributed by atoms with Crippen molar-refractivity contribution in [2.24, 2.45) is 28.1 Å². The van der Waals surface area contributed by atoms with Gasteiger partial charge in [-0.05, 0) is 55.1 Å². The molecule has 0 bridgehead atoms. The third-order valence-electron chi connectivity index (χ3n) is 6.73. The quantitative estimate of drug-likeness (QED) is 0.677. The lowest BCUT2D eigenvalue weighted by molar-refractivity contribution is -0.132. The number of carbonyl (C=O) groups is 2. The van der Waals surface area contributed by atoms with E-state index in [1.54, 1.807) is 6.08 Å². The van der Waals surface area contributed by atoms with Gasteiger partial charge in [0.05, 0.1) is 0 Å². The van der Waals surface area contributed by atoms with Crippen LogP contribution in [0.15, 0.2) is 36.5 Å². The average Bonchev–Trinajstić information content (AvgIpc) is 2.47. The van der Waals surface area contributed by atoms with Crippen molar-refractivity contribution in [3.63, 3.8) is 0 Å². The maximum absolute atomic E-state index is 12.9. The number of fused-ring (bicyclic) bond motifs is 3. The van der Waals surface area contributed by atoms with E-state index >= 15 is 0 Å². The largest absolute Gasteiger partial charge is 0.294 e. The first kappa shape index (κ1) is 15.5. The maximum Gasteiger partial charge on any atom is 0.168 e. The molecule has 22 heavy (non-hydrogen) atoms. The third kappa shape index (κ3) is 1.79. The zero-order chi connectivity index (χ0) is 16.3. The third-order valence-corrected chi connectivity index (χ3v) is 6.73. The van der Waals surface area contributed by atoms with Gasteiger partial charge >= 0.3 is 0 Å². The Labute approximate surface area is 133 Å². The lowest BCUT2D eigenvalue weighted by Crippen LogP contribution is -2.53. The lowest BCUT2D eigenvalue weighted by Gasteiger charge is -2.55. The van der Waals surface area contributed by atoms with Crippen LogP contribution in [0.3, 0.4) is 0 Å². The molecular formula is C20H26O2. The molecule has 0 aromatic rings. The molecule has 1 saturated carbocycles. The van der Waals surface area contributed by atoms with Gasteiger partial charge in [0.25, 0.3) is 0 Å². The van der Waals surface area contributed by atoms with Gasteiger partial charge in [0, 0.05) is 10.8 Å². The van der Waals surface area contributed by atoms with Gasteiger partial charge in [-0.3, -0.25) is 9.59 Å². The van der Waals surface area contributed by atoms with Gasteiger partial charge in [-0.1, -0.05) is 39.0 Å². The summed E-state index contributed by atoms with van der Waals surface area (Å²) < 4.78 is 0. The summed E-state index contributed by atoms with van der Waals surface area (Å²) in [6, 6.07) is 0. The van der Waals surface area contributed by atoms with E-state index in [0.717, 1.165) is 24.8 Å². The van der Waals surface area contributed by atoms with Crippen LogP contribution in [-0.2, 0) is 9.59 Å². The van der Waals surface area contributed by atoms with Crippen molar-refractivity contribution < 1.29 is 9.59 Å². The molecule has 0 aromatic carbocycles. The van der Waals surface area contributed by atoms with Crippen molar-refractivity contribution in [1.29, 1.82) is 0 Å². The van der Waals surface area contributed by atoms with E-state index in [-0.39, 0.29) is 34.2 Å². The van der Waals surface area contributed by atoms with E-state index in [9.17, 15) is 9.59 Å². The van der Waals surface area contributed by atoms with Crippen LogP contribution < -0.4 is 0 Å². The average molecular weight is 298 g/mol. The Bertz CT molecular complexity index is 622. The SMILES string of the molecule is C=C[C@@]1(C)CC[C@H]2C(=CC[C@H]3C(C)(C)C(=O)C=C[C@]23C)C1=O. The maximum atomic E-state index is 12.9. The zero-order valence-corrected chi connectivity index (χ0v) is 14.1. The molecule has 118 valence electrons. The number of hydrogen-bond donors (Lipinski definition) is 0. The minimum atomic E-state index is -0.421. The van der Waals surface area contributed by atoms with Crippen LogP contribution in [0.25, 0.3) is 0 Å². The van der Waals surface area contributed by atoms with E-state index in [0.29, 0.717) is 0 Å². The summed E-state index contributed by atoms with van der Waals surface area (Å²) in [7, 11) is 0. The fourth-order valence-corrected chi connectivity index (χ4v) is 4.96. The number of carbonyl (C=O) groups excluding carboxylic acids is 2. The molecule has 0 aromatic heterocycles. The first-order valence-corrected chi connectivity index (χ1v) is 8.29. The molecule has 0 aliphatic heterocycles. The zero-order valence-electron chi connectivity index (χ0n) is 14.1. The van der Waals surface area contributed by atoms with E-state index in [1.807, 2.05) is 13.0 Å². The smallest absolute Gasteiger partial charge is 0.168 e. The Balaban J connectivity index is 2.08. The van der Waals surface area contributed by atoms with Gasteiger partial charge in [-0.2, -0.15) is 0 Å². The van der Waals surface area contributed by atoms with Crippen LogP contribution in [0.4, 0.5) is 0 Å². The molecule has 0 heterocycles. The summed E-state index contributed by atoms with van der Waals surface area (Å²) in [6.45, 7) is 12.2. The highest BCUT2D eigenvalue weighted by atomic mass is 16.1. The second kappa shape index (κ2) is 4.53. The van der Waals surface area contributed by atoms with Gasteiger partial charge in [0.2, 0.25) is 0 Å². The highest BCUT2D eigenvalue weighted by Crippen LogP contribution is 2.60. The van der Waals surface area contributed by atoms with E-state index in [1.165, 1.54) is 0 Å². The first-order valence-electron chi connectivity index (χ1n) is 8.29. The van der Waals surface area contributed by atoms with E-state index < -0.39 is 5.41 Å². The lowest BCUT2D eigenvalue weighted by atomic mass is 9.47. The Morgan fingerprint density at radius 3 is 2.55 bits per heavy atom. The van der Waals surface area contributed by atoms with Crippen molar-refractivity contribution in [3.05, 3.63) is 36.5 Å². The molecule has 1 fully saturated rings. The number of ketones is 2. The van der Waals surface area contributed by atoms with Crippen molar-refractivity contribution in [2.75, 3.05) is 0 Å². The fourth-order valence-electron chi connectivity index (χ4n) is 4.96. The van der Waals surface area contributed by atoms with Crippen LogP contribution in [0.2, 0.25) is 0 Å². The molecule has 3 aliphatic rings. The molecule has 3 rings (SSSR count). The van der Waals surface area contributed by atoms with Crippen molar-refractivity contribution in [1.82, 2.24) is 0 Å². The summed E-state index contributed by atoms with van der Waals surface area (Å²) >= 11 is 0. The monoisotopic (exact) mass is 298 g/mol. The van der Waals surface area contributed by atoms with Crippen LogP contribution in [-0.4, -0.2) is 11.6 Å². The molecule has 3 aliphatic carbocycles. The standard InChI is InChI=1S/C20H26O2/c1-6-19(4)11-9-14-13(17(19)22)7-8-15-18(2,3)16(21)10-12-20(14,15)5/h6-7,10,12,14-15H,1,8-9,11H2,2-5H3/t14-,15-,19-,20+/m0/s1. The van der Waals surface area contributed by atoms with Crippen molar-refractivity contribution in [2.45, 2.75) is 47.0 Å². The summed E-state index contributed by atoms with van der Waals surface area (Å²) in [4.78, 5) is 25.2. The Kier molecular flexibility index (Phi) is 3.18. The molecule has 2 nitrogen and oxygen atoms in total. The molecular weight excluding hydrogens is 272 g/mol. The molecule has 0 N–H and O–H groups in total. The minimum absolute atomic E-state index is 0.0976. The summed E-state index contributed by atoms with van der Waals surface area (Å²) in [6.07, 6.45) is 10.4. The second-order valence-corrected chi connectivity index (χ2v) is 8.28. The van der Waals surface area contributed by atoms with Gasteiger partial charge in [0.15, 0.2) is 11.6 Å². The van der Waals surface area contributed by atoms with Crippen LogP contribution in [0.5, 0.6) is 0 Å². The Morgan fingerprint density at radius 2 is 1.91 bits per heavy atom. The normalized spacial score (nSPS) is 43.2. The fraction of sp³-hybridized carbons (Fsp3) is 0.600. The highest BCUT2D eigenvalue weighted by molar-refractivity contribution is 6.03. The van der Waals surface area contributed by atoms with E-state index in [4.69, 9.17) is 0 Å². The van der Waals surface area contributed by atoms with Crippen LogP contribution in [0.1, 0.15) is 47.0 Å². The Hall–Kier alpha value is -1.44. The molecule has 0 radical (unpaired) electrons. The first-order chi connectivity index (χ1) is 10.2. The van der Waals surface area contributed by atoms with Gasteiger partial charge in [-0.15, -0.1) is 6.58 Å². The molecule has 0 amide bonds. The number of Topliss-reactive ketones (excluding diaryl/α,β-unsaturated/α-hetero) is 1. The predicted octanol–water partition coefficient (Wildman–Crippen LogP) is 4.28. The highest BCUT2D eigenvalue weighted by Gasteiger charge is 2.56. The topological polar surface area (TPSA) is 34.1 Å². The number of allylic oxidation sites excluding steroid dienone is 5. The summed E-state index contributed by atoms with van der Waals surface area (Å²) in [5, 5.41) is 0. The van der Waals surface area contributed by atoms with Crippen LogP contribution >= 0.6 is 0 Å². The molecule has 0 saturated heterocycles. The second-order valence-electron chi connectivity index (χ2n) is 8.28. The van der Waals surface area contributed by atoms with Crippen molar-refractivity contribution >= 4 is 11.6 Å². The van der Waals surface area contributed by atoms with Gasteiger partial charge in [-0.25, -0.2) is 0 Å². The van der Waals surface area contributed by atoms with E-state index in [2.05, 4.69) is 39.5 Å². The van der Waals surface area contributed by atoms with Crippen molar-refractivity contribution in [3.8, 4) is 0 Å². The molecule has 4 atom stereocenters. The van der Waals surface area contributed by atoms with Gasteiger partial charge in [0.1, 0.15) is 0 Å².